The lowest BCUT2D eigenvalue weighted by atomic mass is 10.2. The monoisotopic (exact) mass is 327 g/mol. The highest BCUT2D eigenvalue weighted by atomic mass is 32.1. The van der Waals surface area contributed by atoms with E-state index in [2.05, 4.69) is 5.32 Å². The van der Waals surface area contributed by atoms with Crippen molar-refractivity contribution in [3.8, 4) is 0 Å². The van der Waals surface area contributed by atoms with Crippen LogP contribution in [0.2, 0.25) is 0 Å². The summed E-state index contributed by atoms with van der Waals surface area (Å²) in [5.74, 6) is -0.726. The SMILES string of the molecule is CC(C)n1c(C(=O)Nc2cccc(C(N)=O)c2)cc2sccc21. The number of carbonyl (C=O) groups excluding carboxylic acids is 2. The maximum atomic E-state index is 12.6. The number of primary amides is 1. The van der Waals surface area contributed by atoms with E-state index in [1.165, 1.54) is 0 Å². The van der Waals surface area contributed by atoms with Gasteiger partial charge in [-0.25, -0.2) is 0 Å². The Kier molecular flexibility index (Phi) is 3.92. The number of fused-ring (bicyclic) bond motifs is 1. The summed E-state index contributed by atoms with van der Waals surface area (Å²) in [6, 6.07) is 10.7. The van der Waals surface area contributed by atoms with Gasteiger partial charge in [-0.15, -0.1) is 11.3 Å². The van der Waals surface area contributed by atoms with Gasteiger partial charge in [-0.05, 0) is 49.6 Å². The second kappa shape index (κ2) is 5.89. The zero-order valence-electron chi connectivity index (χ0n) is 12.9. The van der Waals surface area contributed by atoms with Crippen molar-refractivity contribution in [2.45, 2.75) is 19.9 Å². The van der Waals surface area contributed by atoms with Gasteiger partial charge in [0.25, 0.3) is 5.91 Å². The van der Waals surface area contributed by atoms with Gasteiger partial charge in [0.05, 0.1) is 10.2 Å². The van der Waals surface area contributed by atoms with Gasteiger partial charge in [0.1, 0.15) is 5.69 Å². The van der Waals surface area contributed by atoms with Crippen LogP contribution in [0.15, 0.2) is 41.8 Å². The second-order valence-electron chi connectivity index (χ2n) is 5.56. The Labute approximate surface area is 137 Å². The molecule has 0 saturated carbocycles. The van der Waals surface area contributed by atoms with E-state index < -0.39 is 5.91 Å². The van der Waals surface area contributed by atoms with Crippen molar-refractivity contribution < 1.29 is 9.59 Å². The van der Waals surface area contributed by atoms with E-state index in [0.717, 1.165) is 10.2 Å². The first-order chi connectivity index (χ1) is 11.0. The minimum absolute atomic E-state index is 0.166. The Bertz CT molecular complexity index is 892. The van der Waals surface area contributed by atoms with Crippen LogP contribution in [0.25, 0.3) is 10.2 Å². The number of rotatable bonds is 4. The molecular formula is C17H17N3O2S. The fourth-order valence-corrected chi connectivity index (χ4v) is 3.43. The van der Waals surface area contributed by atoms with Crippen LogP contribution in [-0.2, 0) is 0 Å². The van der Waals surface area contributed by atoms with E-state index in [1.54, 1.807) is 35.6 Å². The molecule has 3 rings (SSSR count). The topological polar surface area (TPSA) is 77.1 Å². The van der Waals surface area contributed by atoms with E-state index in [0.29, 0.717) is 16.9 Å². The molecule has 0 aliphatic rings. The highest BCUT2D eigenvalue weighted by molar-refractivity contribution is 7.17. The maximum Gasteiger partial charge on any atom is 0.272 e. The third kappa shape index (κ3) is 2.85. The number of carbonyl (C=O) groups is 2. The molecule has 0 aliphatic carbocycles. The van der Waals surface area contributed by atoms with Crippen LogP contribution >= 0.6 is 11.3 Å². The summed E-state index contributed by atoms with van der Waals surface area (Å²) in [6.45, 7) is 4.09. The summed E-state index contributed by atoms with van der Waals surface area (Å²) < 4.78 is 3.09. The number of thiophene rings is 1. The first-order valence-corrected chi connectivity index (χ1v) is 8.15. The smallest absolute Gasteiger partial charge is 0.272 e. The minimum atomic E-state index is -0.521. The van der Waals surface area contributed by atoms with Gasteiger partial charge < -0.3 is 15.6 Å². The third-order valence-corrected chi connectivity index (χ3v) is 4.47. The summed E-state index contributed by atoms with van der Waals surface area (Å²) in [6.07, 6.45) is 0. The van der Waals surface area contributed by atoms with Crippen molar-refractivity contribution in [2.75, 3.05) is 5.32 Å². The third-order valence-electron chi connectivity index (χ3n) is 3.61. The second-order valence-corrected chi connectivity index (χ2v) is 6.51. The molecule has 1 aromatic carbocycles. The molecule has 118 valence electrons. The van der Waals surface area contributed by atoms with E-state index >= 15 is 0 Å². The quantitative estimate of drug-likeness (QED) is 0.767. The molecule has 0 aliphatic heterocycles. The fraction of sp³-hybridized carbons (Fsp3) is 0.176. The highest BCUT2D eigenvalue weighted by Crippen LogP contribution is 2.29. The highest BCUT2D eigenvalue weighted by Gasteiger charge is 2.18. The Morgan fingerprint density at radius 1 is 1.22 bits per heavy atom. The molecule has 3 N–H and O–H groups in total. The molecule has 5 nitrogen and oxygen atoms in total. The van der Waals surface area contributed by atoms with Gasteiger partial charge in [-0.2, -0.15) is 0 Å². The summed E-state index contributed by atoms with van der Waals surface area (Å²) in [5, 5.41) is 4.85. The lowest BCUT2D eigenvalue weighted by molar-refractivity contribution is 0.0994. The molecule has 0 radical (unpaired) electrons. The van der Waals surface area contributed by atoms with Crippen LogP contribution in [-0.4, -0.2) is 16.4 Å². The maximum absolute atomic E-state index is 12.6. The molecule has 3 aromatic rings. The van der Waals surface area contributed by atoms with Crippen LogP contribution in [0.4, 0.5) is 5.69 Å². The average Bonchev–Trinajstić information content (AvgIpc) is 3.07. The summed E-state index contributed by atoms with van der Waals surface area (Å²) >= 11 is 1.61. The van der Waals surface area contributed by atoms with Crippen LogP contribution in [0.3, 0.4) is 0 Å². The molecular weight excluding hydrogens is 310 g/mol. The number of nitrogens with zero attached hydrogens (tertiary/aromatic N) is 1. The lowest BCUT2D eigenvalue weighted by Gasteiger charge is -2.14. The van der Waals surface area contributed by atoms with Crippen LogP contribution < -0.4 is 11.1 Å². The number of hydrogen-bond acceptors (Lipinski definition) is 3. The minimum Gasteiger partial charge on any atom is -0.366 e. The molecule has 2 heterocycles. The Morgan fingerprint density at radius 2 is 2.00 bits per heavy atom. The van der Waals surface area contributed by atoms with Gasteiger partial charge in [0, 0.05) is 17.3 Å². The van der Waals surface area contributed by atoms with Crippen molar-refractivity contribution in [3.63, 3.8) is 0 Å². The van der Waals surface area contributed by atoms with Crippen LogP contribution in [0, 0.1) is 0 Å². The van der Waals surface area contributed by atoms with Crippen molar-refractivity contribution >= 4 is 39.1 Å². The van der Waals surface area contributed by atoms with E-state index in [1.807, 2.05) is 35.9 Å². The Morgan fingerprint density at radius 3 is 2.70 bits per heavy atom. The van der Waals surface area contributed by atoms with E-state index in [4.69, 9.17) is 5.73 Å². The number of aromatic nitrogens is 1. The van der Waals surface area contributed by atoms with Gasteiger partial charge in [-0.3, -0.25) is 9.59 Å². The molecule has 0 saturated heterocycles. The Hall–Kier alpha value is -2.60. The van der Waals surface area contributed by atoms with Gasteiger partial charge in [0.2, 0.25) is 5.91 Å². The molecule has 0 bridgehead atoms. The number of hydrogen-bond donors (Lipinski definition) is 2. The normalized spacial score (nSPS) is 11.1. The predicted molar refractivity (Wildman–Crippen MR) is 93.1 cm³/mol. The molecule has 6 heteroatoms. The van der Waals surface area contributed by atoms with Gasteiger partial charge >= 0.3 is 0 Å². The van der Waals surface area contributed by atoms with Crippen LogP contribution in [0.1, 0.15) is 40.7 Å². The van der Waals surface area contributed by atoms with E-state index in [-0.39, 0.29) is 11.9 Å². The average molecular weight is 327 g/mol. The molecule has 2 aromatic heterocycles. The Balaban J connectivity index is 1.95. The molecule has 2 amide bonds. The molecule has 0 unspecified atom stereocenters. The molecule has 0 spiro atoms. The zero-order valence-corrected chi connectivity index (χ0v) is 13.7. The van der Waals surface area contributed by atoms with Crippen molar-refractivity contribution in [1.82, 2.24) is 4.57 Å². The summed E-state index contributed by atoms with van der Waals surface area (Å²) in [7, 11) is 0. The van der Waals surface area contributed by atoms with Gasteiger partial charge in [0.15, 0.2) is 0 Å². The predicted octanol–water partition coefficient (Wildman–Crippen LogP) is 3.63. The molecule has 23 heavy (non-hydrogen) atoms. The van der Waals surface area contributed by atoms with Crippen molar-refractivity contribution in [2.24, 2.45) is 5.73 Å². The first kappa shape index (κ1) is 15.3. The number of benzene rings is 1. The standard InChI is InChI=1S/C17H17N3O2S/c1-10(2)20-13-6-7-23-15(13)9-14(20)17(22)19-12-5-3-4-11(8-12)16(18)21/h3-10H,1-2H3,(H2,18,21)(H,19,22). The fourth-order valence-electron chi connectivity index (χ4n) is 2.62. The summed E-state index contributed by atoms with van der Waals surface area (Å²) in [4.78, 5) is 23.9. The van der Waals surface area contributed by atoms with E-state index in [9.17, 15) is 9.59 Å². The van der Waals surface area contributed by atoms with Crippen LogP contribution in [0.5, 0.6) is 0 Å². The zero-order chi connectivity index (χ0) is 16.6. The van der Waals surface area contributed by atoms with Gasteiger partial charge in [-0.1, -0.05) is 6.07 Å². The van der Waals surface area contributed by atoms with Crippen molar-refractivity contribution in [3.05, 3.63) is 53.0 Å². The lowest BCUT2D eigenvalue weighted by Crippen LogP contribution is -2.18. The largest absolute Gasteiger partial charge is 0.366 e. The first-order valence-electron chi connectivity index (χ1n) is 7.27. The summed E-state index contributed by atoms with van der Waals surface area (Å²) in [5.41, 5.74) is 7.84. The number of nitrogens with two attached hydrogens (primary N) is 1. The molecule has 0 fully saturated rings. The number of anilines is 1. The molecule has 0 atom stereocenters. The number of amides is 2. The number of nitrogens with one attached hydrogen (secondary N) is 1. The van der Waals surface area contributed by atoms with Crippen molar-refractivity contribution in [1.29, 1.82) is 0 Å².